The molecule has 152 valence electrons. The summed E-state index contributed by atoms with van der Waals surface area (Å²) in [7, 11) is 0. The van der Waals surface area contributed by atoms with E-state index in [0.717, 1.165) is 16.7 Å². The molecular weight excluding hydrogens is 433 g/mol. The van der Waals surface area contributed by atoms with E-state index in [1.54, 1.807) is 31.2 Å². The molecule has 0 unspecified atom stereocenters. The predicted octanol–water partition coefficient (Wildman–Crippen LogP) is 5.01. The topological polar surface area (TPSA) is 62.0 Å². The van der Waals surface area contributed by atoms with E-state index in [1.807, 2.05) is 18.2 Å². The van der Waals surface area contributed by atoms with E-state index in [1.165, 1.54) is 11.8 Å². The van der Waals surface area contributed by atoms with Gasteiger partial charge in [0.1, 0.15) is 10.0 Å². The molecule has 2 heterocycles. The number of nitrogens with one attached hydrogen (secondary N) is 2. The number of thiocarbonyl (C=S) groups is 1. The largest absolute Gasteiger partial charge is 0.431 e. The lowest BCUT2D eigenvalue weighted by molar-refractivity contribution is -0.141. The maximum Gasteiger partial charge on any atom is 0.431 e. The maximum absolute atomic E-state index is 13.1. The summed E-state index contributed by atoms with van der Waals surface area (Å²) in [6.07, 6.45) is -2.95. The van der Waals surface area contributed by atoms with Gasteiger partial charge in [0.15, 0.2) is 5.43 Å². The van der Waals surface area contributed by atoms with Gasteiger partial charge in [-0.15, -0.1) is 0 Å². The van der Waals surface area contributed by atoms with Crippen molar-refractivity contribution in [1.29, 1.82) is 0 Å². The summed E-state index contributed by atoms with van der Waals surface area (Å²) >= 11 is 6.15. The zero-order chi connectivity index (χ0) is 21.6. The molecule has 0 saturated carbocycles. The van der Waals surface area contributed by atoms with E-state index in [2.05, 4.69) is 10.3 Å². The average Bonchev–Trinajstić information content (AvgIpc) is 2.98. The van der Waals surface area contributed by atoms with Crippen LogP contribution in [0.3, 0.4) is 0 Å². The predicted molar refractivity (Wildman–Crippen MR) is 116 cm³/mol. The maximum atomic E-state index is 13.1. The third kappa shape index (κ3) is 3.90. The van der Waals surface area contributed by atoms with Gasteiger partial charge in [0.2, 0.25) is 0 Å². The highest BCUT2D eigenvalue weighted by atomic mass is 32.2. The van der Waals surface area contributed by atoms with Gasteiger partial charge >= 0.3 is 6.18 Å². The van der Waals surface area contributed by atoms with Crippen molar-refractivity contribution in [3.05, 3.63) is 74.4 Å². The standard InChI is InChI=1S/C21H13F3N2O2S2/c1-10-5-14-15(25-18(9-16(14)27)21(22,23)24)8-13(10)12-4-2-3-11(6-12)7-17-19(28)26-20(29)30-17/h2-9H,1H3,(H,25,27)(H,26,28,29)/b17-7-. The van der Waals surface area contributed by atoms with Gasteiger partial charge in [-0.3, -0.25) is 9.59 Å². The minimum absolute atomic E-state index is 0.107. The van der Waals surface area contributed by atoms with Crippen LogP contribution in [0.1, 0.15) is 16.8 Å². The summed E-state index contributed by atoms with van der Waals surface area (Å²) in [5.74, 6) is -0.269. The number of benzene rings is 2. The SMILES string of the molecule is Cc1cc2c(=O)cc(C(F)(F)F)[nH]c2cc1-c1cccc(/C=C2\SC(=S)NC2=O)c1. The molecular formula is C21H13F3N2O2S2. The summed E-state index contributed by atoms with van der Waals surface area (Å²) in [4.78, 5) is 26.8. The minimum Gasteiger partial charge on any atom is -0.351 e. The Hall–Kier alpha value is -2.91. The van der Waals surface area contributed by atoms with Crippen LogP contribution in [-0.4, -0.2) is 15.2 Å². The van der Waals surface area contributed by atoms with Crippen molar-refractivity contribution in [2.45, 2.75) is 13.1 Å². The van der Waals surface area contributed by atoms with Crippen LogP contribution >= 0.6 is 24.0 Å². The highest BCUT2D eigenvalue weighted by Crippen LogP contribution is 2.32. The lowest BCUT2D eigenvalue weighted by Gasteiger charge is -2.12. The van der Waals surface area contributed by atoms with E-state index in [9.17, 15) is 22.8 Å². The Bertz CT molecular complexity index is 1310. The minimum atomic E-state index is -4.65. The number of alkyl halides is 3. The summed E-state index contributed by atoms with van der Waals surface area (Å²) in [6, 6.07) is 10.9. The van der Waals surface area contributed by atoms with Crippen LogP contribution in [0.4, 0.5) is 13.2 Å². The lowest BCUT2D eigenvalue weighted by Crippen LogP contribution is -2.17. The van der Waals surface area contributed by atoms with Gasteiger partial charge in [-0.2, -0.15) is 13.2 Å². The summed E-state index contributed by atoms with van der Waals surface area (Å²) in [5, 5.41) is 2.74. The monoisotopic (exact) mass is 446 g/mol. The van der Waals surface area contributed by atoms with Crippen molar-refractivity contribution in [2.24, 2.45) is 0 Å². The summed E-state index contributed by atoms with van der Waals surface area (Å²) < 4.78 is 39.6. The zero-order valence-electron chi connectivity index (χ0n) is 15.4. The Labute approximate surface area is 178 Å². The van der Waals surface area contributed by atoms with Crippen molar-refractivity contribution in [3.8, 4) is 11.1 Å². The van der Waals surface area contributed by atoms with E-state index in [0.29, 0.717) is 20.9 Å². The molecule has 1 aliphatic rings. The Balaban J connectivity index is 1.82. The highest BCUT2D eigenvalue weighted by Gasteiger charge is 2.32. The number of H-pyrrole nitrogens is 1. The molecule has 1 aromatic heterocycles. The molecule has 0 radical (unpaired) electrons. The van der Waals surface area contributed by atoms with Crippen molar-refractivity contribution in [2.75, 3.05) is 0 Å². The number of pyridine rings is 1. The number of hydrogen-bond donors (Lipinski definition) is 2. The number of halogens is 3. The fourth-order valence-corrected chi connectivity index (χ4v) is 4.28. The van der Waals surface area contributed by atoms with Crippen LogP contribution in [0.25, 0.3) is 28.1 Å². The summed E-state index contributed by atoms with van der Waals surface area (Å²) in [5.41, 5.74) is 1.23. The quantitative estimate of drug-likeness (QED) is 0.429. The van der Waals surface area contributed by atoms with E-state index >= 15 is 0 Å². The van der Waals surface area contributed by atoms with Gasteiger partial charge in [0.05, 0.1) is 10.4 Å². The number of fused-ring (bicyclic) bond motifs is 1. The van der Waals surface area contributed by atoms with Crippen LogP contribution in [0.5, 0.6) is 0 Å². The second kappa shape index (κ2) is 7.41. The van der Waals surface area contributed by atoms with Crippen LogP contribution < -0.4 is 10.7 Å². The van der Waals surface area contributed by atoms with E-state index in [4.69, 9.17) is 12.2 Å². The number of hydrogen-bond acceptors (Lipinski definition) is 4. The molecule has 0 bridgehead atoms. The van der Waals surface area contributed by atoms with E-state index < -0.39 is 17.3 Å². The van der Waals surface area contributed by atoms with Gasteiger partial charge < -0.3 is 10.3 Å². The number of thioether (sulfide) groups is 1. The molecule has 0 atom stereocenters. The molecule has 9 heteroatoms. The molecule has 1 amide bonds. The number of amides is 1. The Morgan fingerprint density at radius 1 is 1.10 bits per heavy atom. The molecule has 4 nitrogen and oxygen atoms in total. The van der Waals surface area contributed by atoms with Crippen molar-refractivity contribution >= 4 is 51.2 Å². The first-order valence-corrected chi connectivity index (χ1v) is 9.94. The van der Waals surface area contributed by atoms with E-state index in [-0.39, 0.29) is 16.8 Å². The second-order valence-electron chi connectivity index (χ2n) is 6.74. The van der Waals surface area contributed by atoms with Gasteiger partial charge in [-0.05, 0) is 53.5 Å². The number of carbonyl (C=O) groups is 1. The first-order valence-electron chi connectivity index (χ1n) is 8.72. The molecule has 0 spiro atoms. The van der Waals surface area contributed by atoms with Crippen molar-refractivity contribution in [3.63, 3.8) is 0 Å². The van der Waals surface area contributed by atoms with Crippen LogP contribution in [0.2, 0.25) is 0 Å². The van der Waals surface area contributed by atoms with Crippen molar-refractivity contribution < 1.29 is 18.0 Å². The molecule has 1 aliphatic heterocycles. The lowest BCUT2D eigenvalue weighted by atomic mass is 9.96. The van der Waals surface area contributed by atoms with Crippen molar-refractivity contribution in [1.82, 2.24) is 10.3 Å². The molecule has 2 aromatic carbocycles. The third-order valence-corrected chi connectivity index (χ3v) is 5.78. The Morgan fingerprint density at radius 3 is 2.53 bits per heavy atom. The Kier molecular flexibility index (Phi) is 5.03. The zero-order valence-corrected chi connectivity index (χ0v) is 17.0. The van der Waals surface area contributed by atoms with Crippen LogP contribution in [-0.2, 0) is 11.0 Å². The number of aromatic nitrogens is 1. The molecule has 1 saturated heterocycles. The molecule has 1 fully saturated rings. The fraction of sp³-hybridized carbons (Fsp3) is 0.0952. The van der Waals surface area contributed by atoms with Gasteiger partial charge in [-0.1, -0.05) is 42.2 Å². The highest BCUT2D eigenvalue weighted by molar-refractivity contribution is 8.26. The van der Waals surface area contributed by atoms with Crippen LogP contribution in [0.15, 0.2) is 52.2 Å². The molecule has 4 rings (SSSR count). The summed E-state index contributed by atoms with van der Waals surface area (Å²) in [6.45, 7) is 1.79. The average molecular weight is 446 g/mol. The fourth-order valence-electron chi connectivity index (χ4n) is 3.24. The number of rotatable bonds is 2. The second-order valence-corrected chi connectivity index (χ2v) is 8.45. The molecule has 30 heavy (non-hydrogen) atoms. The smallest absolute Gasteiger partial charge is 0.351 e. The molecule has 3 aromatic rings. The van der Waals surface area contributed by atoms with Gasteiger partial charge in [0.25, 0.3) is 5.91 Å². The Morgan fingerprint density at radius 2 is 1.87 bits per heavy atom. The van der Waals surface area contributed by atoms with Gasteiger partial charge in [-0.25, -0.2) is 0 Å². The number of aryl methyl sites for hydroxylation is 1. The molecule has 2 N–H and O–H groups in total. The number of carbonyl (C=O) groups excluding carboxylic acids is 1. The molecule has 0 aliphatic carbocycles. The first-order chi connectivity index (χ1) is 14.1. The third-order valence-electron chi connectivity index (χ3n) is 4.62. The normalized spacial score (nSPS) is 15.8. The van der Waals surface area contributed by atoms with Crippen LogP contribution in [0, 0.1) is 6.92 Å². The first kappa shape index (κ1) is 20.4. The van der Waals surface area contributed by atoms with Gasteiger partial charge in [0, 0.05) is 11.5 Å². The number of aromatic amines is 1.